The van der Waals surface area contributed by atoms with E-state index in [2.05, 4.69) is 0 Å². The lowest BCUT2D eigenvalue weighted by Gasteiger charge is -2.40. The summed E-state index contributed by atoms with van der Waals surface area (Å²) < 4.78 is 27.7. The zero-order chi connectivity index (χ0) is 31.2. The summed E-state index contributed by atoms with van der Waals surface area (Å²) in [4.78, 5) is 13.2. The Hall–Kier alpha value is -3.35. The van der Waals surface area contributed by atoms with Crippen molar-refractivity contribution in [1.82, 2.24) is 0 Å². The van der Waals surface area contributed by atoms with Crippen molar-refractivity contribution in [1.29, 1.82) is 0 Å². The highest BCUT2D eigenvalue weighted by molar-refractivity contribution is 5.88. The third-order valence-corrected chi connectivity index (χ3v) is 7.63. The molecule has 3 heterocycles. The molecule has 234 valence electrons. The number of hydrogen-bond acceptors (Lipinski definition) is 15. The molecule has 0 radical (unpaired) electrons. The molecule has 0 bridgehead atoms. The molecule has 15 heteroatoms. The zero-order valence-electron chi connectivity index (χ0n) is 22.6. The number of rotatable bonds is 7. The van der Waals surface area contributed by atoms with Crippen molar-refractivity contribution in [3.63, 3.8) is 0 Å². The first-order chi connectivity index (χ1) is 20.5. The van der Waals surface area contributed by atoms with E-state index in [1.165, 1.54) is 37.4 Å². The number of phenolic OH excluding ortho intramolecular Hbond substituents is 1. The van der Waals surface area contributed by atoms with E-state index < -0.39 is 85.6 Å². The first-order valence-electron chi connectivity index (χ1n) is 13.3. The Morgan fingerprint density at radius 3 is 2.00 bits per heavy atom. The maximum absolute atomic E-state index is 13.2. The van der Waals surface area contributed by atoms with Gasteiger partial charge in [-0.05, 0) is 24.3 Å². The van der Waals surface area contributed by atoms with Gasteiger partial charge in [-0.3, -0.25) is 4.79 Å². The van der Waals surface area contributed by atoms with E-state index in [1.54, 1.807) is 0 Å². The molecule has 15 nitrogen and oxygen atoms in total. The van der Waals surface area contributed by atoms with Gasteiger partial charge in [-0.1, -0.05) is 0 Å². The van der Waals surface area contributed by atoms with Gasteiger partial charge in [-0.2, -0.15) is 0 Å². The molecule has 1 aromatic heterocycles. The zero-order valence-corrected chi connectivity index (χ0v) is 22.6. The average Bonchev–Trinajstić information content (AvgIpc) is 3.00. The quantitative estimate of drug-likeness (QED) is 0.139. The van der Waals surface area contributed by atoms with Gasteiger partial charge in [0, 0.05) is 17.7 Å². The molecule has 5 rings (SSSR count). The lowest BCUT2D eigenvalue weighted by atomic mass is 9.89. The number of phenols is 1. The fraction of sp³-hybridized carbons (Fsp3) is 0.464. The molecule has 0 saturated carbocycles. The molecule has 43 heavy (non-hydrogen) atoms. The van der Waals surface area contributed by atoms with Crippen molar-refractivity contribution in [2.24, 2.45) is 0 Å². The average molecular weight is 609 g/mol. The Labute approximate surface area is 242 Å². The smallest absolute Gasteiger partial charge is 0.229 e. The van der Waals surface area contributed by atoms with Crippen molar-refractivity contribution in [2.75, 3.05) is 20.3 Å². The molecule has 2 saturated heterocycles. The molecule has 2 aliphatic heterocycles. The fourth-order valence-electron chi connectivity index (χ4n) is 5.22. The van der Waals surface area contributed by atoms with Crippen LogP contribution in [0.2, 0.25) is 0 Å². The predicted octanol–water partition coefficient (Wildman–Crippen LogP) is -2.13. The maximum Gasteiger partial charge on any atom is 0.229 e. The highest BCUT2D eigenvalue weighted by Crippen LogP contribution is 2.45. The SMILES string of the molecule is COc1cc2oc(-c3ccc(O[C@H]4O[C@@H](CO)[C@H](O)[C@@H](O)[C@@H]4O)cc3)cc(=O)c2c(O)c1[C@@H]1O[C@H](CO)[C@@H](O)[C@H](O)[C@H]1O. The number of ether oxygens (including phenoxy) is 4. The molecule has 9 N–H and O–H groups in total. The molecule has 2 aromatic carbocycles. The summed E-state index contributed by atoms with van der Waals surface area (Å²) in [5.74, 6) is -0.459. The minimum absolute atomic E-state index is 0.0714. The predicted molar refractivity (Wildman–Crippen MR) is 143 cm³/mol. The van der Waals surface area contributed by atoms with Crippen molar-refractivity contribution in [2.45, 2.75) is 61.2 Å². The maximum atomic E-state index is 13.2. The van der Waals surface area contributed by atoms with Gasteiger partial charge in [0.05, 0.1) is 25.9 Å². The molecule has 0 unspecified atom stereocenters. The van der Waals surface area contributed by atoms with Gasteiger partial charge in [-0.15, -0.1) is 0 Å². The Bertz CT molecular complexity index is 1490. The molecule has 0 spiro atoms. The van der Waals surface area contributed by atoms with Crippen LogP contribution in [0.5, 0.6) is 17.2 Å². The standard InChI is InChI=1S/C28H32O15/c1-39-14-7-15-18(22(34)19(14)27-25(37)23(35)20(32)16(8-29)42-27)12(31)6-13(41-15)10-2-4-11(5-3-10)40-28-26(38)24(36)21(33)17(9-30)43-28/h2-7,16-17,20-21,23-30,32-38H,8-9H2,1H3/t16-,17+,20-,21+,23+,24-,25-,26+,27+,28+/m1/s1. The Morgan fingerprint density at radius 2 is 1.40 bits per heavy atom. The molecular formula is C28H32O15. The number of hydrogen-bond donors (Lipinski definition) is 9. The summed E-state index contributed by atoms with van der Waals surface area (Å²) in [7, 11) is 1.25. The van der Waals surface area contributed by atoms with Crippen LogP contribution < -0.4 is 14.9 Å². The van der Waals surface area contributed by atoms with Gasteiger partial charge in [-0.25, -0.2) is 0 Å². The summed E-state index contributed by atoms with van der Waals surface area (Å²) in [5.41, 5.74) is -0.561. The molecule has 2 fully saturated rings. The highest BCUT2D eigenvalue weighted by atomic mass is 16.7. The molecule has 10 atom stereocenters. The minimum atomic E-state index is -1.75. The van der Waals surface area contributed by atoms with Crippen LogP contribution in [0.4, 0.5) is 0 Å². The van der Waals surface area contributed by atoms with Crippen LogP contribution in [-0.4, -0.2) is 121 Å². The van der Waals surface area contributed by atoms with Gasteiger partial charge >= 0.3 is 0 Å². The second-order valence-corrected chi connectivity index (χ2v) is 10.3. The van der Waals surface area contributed by atoms with Crippen molar-refractivity contribution in [3.8, 4) is 28.6 Å². The largest absolute Gasteiger partial charge is 0.506 e. The van der Waals surface area contributed by atoms with Gasteiger partial charge < -0.3 is 69.3 Å². The van der Waals surface area contributed by atoms with E-state index in [4.69, 9.17) is 23.4 Å². The van der Waals surface area contributed by atoms with E-state index in [9.17, 15) is 50.8 Å². The van der Waals surface area contributed by atoms with E-state index >= 15 is 0 Å². The third kappa shape index (κ3) is 5.56. The summed E-state index contributed by atoms with van der Waals surface area (Å²) in [6.45, 7) is -1.31. The Balaban J connectivity index is 1.45. The van der Waals surface area contributed by atoms with Gasteiger partial charge in [0.2, 0.25) is 6.29 Å². The van der Waals surface area contributed by atoms with E-state index in [0.717, 1.165) is 6.07 Å². The molecular weight excluding hydrogens is 576 g/mol. The molecule has 2 aliphatic rings. The van der Waals surface area contributed by atoms with Crippen LogP contribution in [0.1, 0.15) is 11.7 Å². The van der Waals surface area contributed by atoms with Crippen molar-refractivity contribution in [3.05, 3.63) is 52.2 Å². The first kappa shape index (κ1) is 31.1. The van der Waals surface area contributed by atoms with Crippen LogP contribution in [0.25, 0.3) is 22.3 Å². The molecule has 3 aromatic rings. The number of aromatic hydroxyl groups is 1. The van der Waals surface area contributed by atoms with Crippen molar-refractivity contribution < 1.29 is 69.3 Å². The van der Waals surface area contributed by atoms with Gasteiger partial charge in [0.1, 0.15) is 88.9 Å². The first-order valence-corrected chi connectivity index (χ1v) is 13.3. The summed E-state index contributed by atoms with van der Waals surface area (Å²) >= 11 is 0. The second-order valence-electron chi connectivity index (χ2n) is 10.3. The van der Waals surface area contributed by atoms with E-state index in [0.29, 0.717) is 5.56 Å². The Morgan fingerprint density at radius 1 is 0.791 bits per heavy atom. The van der Waals surface area contributed by atoms with Crippen LogP contribution in [0.3, 0.4) is 0 Å². The fourth-order valence-corrected chi connectivity index (χ4v) is 5.22. The lowest BCUT2D eigenvalue weighted by molar-refractivity contribution is -0.277. The van der Waals surface area contributed by atoms with Crippen LogP contribution in [-0.2, 0) is 9.47 Å². The van der Waals surface area contributed by atoms with Crippen LogP contribution >= 0.6 is 0 Å². The number of fused-ring (bicyclic) bond motifs is 1. The lowest BCUT2D eigenvalue weighted by Crippen LogP contribution is -2.60. The number of methoxy groups -OCH3 is 1. The number of aliphatic hydroxyl groups excluding tert-OH is 8. The molecule has 0 aliphatic carbocycles. The van der Waals surface area contributed by atoms with E-state index in [1.807, 2.05) is 0 Å². The summed E-state index contributed by atoms with van der Waals surface area (Å²) in [6, 6.07) is 8.35. The van der Waals surface area contributed by atoms with Crippen LogP contribution in [0.15, 0.2) is 45.6 Å². The van der Waals surface area contributed by atoms with Gasteiger partial charge in [0.15, 0.2) is 5.43 Å². The molecule has 0 amide bonds. The van der Waals surface area contributed by atoms with E-state index in [-0.39, 0.29) is 33.8 Å². The van der Waals surface area contributed by atoms with Crippen LogP contribution in [0, 0.1) is 0 Å². The minimum Gasteiger partial charge on any atom is -0.506 e. The number of benzene rings is 2. The summed E-state index contributed by atoms with van der Waals surface area (Å²) in [6.07, 6.45) is -15.2. The normalized spacial score (nSPS) is 33.0. The summed E-state index contributed by atoms with van der Waals surface area (Å²) in [5, 5.41) is 90.8. The van der Waals surface area contributed by atoms with Crippen molar-refractivity contribution >= 4 is 11.0 Å². The number of aliphatic hydroxyl groups is 8. The third-order valence-electron chi connectivity index (χ3n) is 7.63. The van der Waals surface area contributed by atoms with Gasteiger partial charge in [0.25, 0.3) is 0 Å². The second kappa shape index (κ2) is 12.3. The topological polar surface area (TPSA) is 249 Å². The monoisotopic (exact) mass is 608 g/mol. The Kier molecular flexibility index (Phi) is 8.92. The highest BCUT2D eigenvalue weighted by Gasteiger charge is 2.47.